The van der Waals surface area contributed by atoms with Gasteiger partial charge in [0.1, 0.15) is 11.5 Å². The largest absolute Gasteiger partial charge is 0.367 e. The lowest BCUT2D eigenvalue weighted by molar-refractivity contribution is 0.439. The third kappa shape index (κ3) is 2.10. The highest BCUT2D eigenvalue weighted by Gasteiger charge is 2.21. The van der Waals surface area contributed by atoms with Gasteiger partial charge in [-0.3, -0.25) is 0 Å². The van der Waals surface area contributed by atoms with Crippen molar-refractivity contribution in [3.05, 3.63) is 58.8 Å². The Morgan fingerprint density at radius 1 is 1.00 bits per heavy atom. The Morgan fingerprint density at radius 3 is 2.35 bits per heavy atom. The fraction of sp³-hybridized carbons (Fsp3) is 0. The lowest BCUT2D eigenvalue weighted by Crippen LogP contribution is -1.91. The van der Waals surface area contributed by atoms with Gasteiger partial charge in [-0.2, -0.15) is 0 Å². The number of halogens is 2. The third-order valence-electron chi connectivity index (χ3n) is 2.99. The van der Waals surface area contributed by atoms with Gasteiger partial charge in [0.05, 0.1) is 5.56 Å². The van der Waals surface area contributed by atoms with Crippen LogP contribution in [0, 0.1) is 5.82 Å². The van der Waals surface area contributed by atoms with E-state index in [1.807, 2.05) is 24.3 Å². The second kappa shape index (κ2) is 5.09. The van der Waals surface area contributed by atoms with Crippen LogP contribution in [0.2, 0.25) is 0 Å². The summed E-state index contributed by atoms with van der Waals surface area (Å²) in [6.45, 7) is 0. The van der Waals surface area contributed by atoms with Crippen molar-refractivity contribution < 1.29 is 8.91 Å². The van der Waals surface area contributed by atoms with Crippen molar-refractivity contribution in [2.45, 2.75) is 0 Å². The quantitative estimate of drug-likeness (QED) is 0.752. The molecular weight excluding hydrogens is 323 g/mol. The summed E-state index contributed by atoms with van der Waals surface area (Å²) in [4.78, 5) is 0. The number of nitrogen functional groups attached to an aromatic ring is 1. The van der Waals surface area contributed by atoms with E-state index in [9.17, 15) is 4.39 Å². The van der Waals surface area contributed by atoms with E-state index < -0.39 is 0 Å². The smallest absolute Gasteiger partial charge is 0.230 e. The maximum absolute atomic E-state index is 14.0. The Balaban J connectivity index is 2.26. The molecule has 0 saturated carbocycles. The molecule has 0 saturated heterocycles. The molecule has 0 fully saturated rings. The lowest BCUT2D eigenvalue weighted by atomic mass is 10.0. The number of anilines is 1. The summed E-state index contributed by atoms with van der Waals surface area (Å²) in [6.07, 6.45) is 0. The predicted molar refractivity (Wildman–Crippen MR) is 79.4 cm³/mol. The van der Waals surface area contributed by atoms with E-state index in [1.165, 1.54) is 6.07 Å². The number of benzene rings is 2. The zero-order valence-corrected chi connectivity index (χ0v) is 11.9. The normalized spacial score (nSPS) is 10.7. The molecule has 20 heavy (non-hydrogen) atoms. The van der Waals surface area contributed by atoms with E-state index in [2.05, 4.69) is 21.1 Å². The molecule has 0 aliphatic carbocycles. The molecule has 0 bridgehead atoms. The number of hydrogen-bond donors (Lipinski definition) is 1. The second-order valence-corrected chi connectivity index (χ2v) is 5.08. The summed E-state index contributed by atoms with van der Waals surface area (Å²) in [5.74, 6) is -0.267. The Morgan fingerprint density at radius 2 is 1.65 bits per heavy atom. The first-order valence-electron chi connectivity index (χ1n) is 5.93. The molecule has 2 N–H and O–H groups in total. The van der Waals surface area contributed by atoms with Crippen molar-refractivity contribution in [1.29, 1.82) is 0 Å². The van der Waals surface area contributed by atoms with Crippen LogP contribution >= 0.6 is 15.9 Å². The Labute approximate surface area is 123 Å². The van der Waals surface area contributed by atoms with Gasteiger partial charge in [0.2, 0.25) is 5.88 Å². The molecule has 0 aliphatic rings. The standard InChI is InChI=1S/C15H10BrFN2O/c16-11-7-3-1-5-9(11)14-13(15(18)20-19-14)10-6-2-4-8-12(10)17/h1-8H,18H2. The maximum atomic E-state index is 14.0. The highest BCUT2D eigenvalue weighted by atomic mass is 79.9. The molecule has 0 atom stereocenters. The van der Waals surface area contributed by atoms with Gasteiger partial charge < -0.3 is 10.3 Å². The first-order valence-corrected chi connectivity index (χ1v) is 6.72. The minimum atomic E-state index is -0.365. The topological polar surface area (TPSA) is 52.0 Å². The molecule has 5 heteroatoms. The van der Waals surface area contributed by atoms with Crippen molar-refractivity contribution in [3.63, 3.8) is 0 Å². The number of nitrogens with zero attached hydrogens (tertiary/aromatic N) is 1. The molecule has 3 rings (SSSR count). The van der Waals surface area contributed by atoms with E-state index in [0.29, 0.717) is 16.8 Å². The zero-order chi connectivity index (χ0) is 14.1. The van der Waals surface area contributed by atoms with Crippen LogP contribution in [0.15, 0.2) is 57.5 Å². The van der Waals surface area contributed by atoms with Gasteiger partial charge in [-0.1, -0.05) is 57.5 Å². The van der Waals surface area contributed by atoms with Gasteiger partial charge in [-0.25, -0.2) is 4.39 Å². The Kier molecular flexibility index (Phi) is 3.28. The summed E-state index contributed by atoms with van der Waals surface area (Å²) in [6, 6.07) is 13.9. The van der Waals surface area contributed by atoms with Crippen molar-refractivity contribution in [1.82, 2.24) is 5.16 Å². The molecule has 0 spiro atoms. The number of aromatic nitrogens is 1. The van der Waals surface area contributed by atoms with Gasteiger partial charge in [-0.05, 0) is 12.1 Å². The highest BCUT2D eigenvalue weighted by Crippen LogP contribution is 2.39. The summed E-state index contributed by atoms with van der Waals surface area (Å²) in [7, 11) is 0. The average molecular weight is 333 g/mol. The van der Waals surface area contributed by atoms with Crippen molar-refractivity contribution in [3.8, 4) is 22.4 Å². The Hall–Kier alpha value is -2.14. The van der Waals surface area contributed by atoms with Crippen LogP contribution in [0.5, 0.6) is 0 Å². The fourth-order valence-electron chi connectivity index (χ4n) is 2.06. The van der Waals surface area contributed by atoms with Crippen molar-refractivity contribution >= 4 is 21.8 Å². The van der Waals surface area contributed by atoms with Gasteiger partial charge in [-0.15, -0.1) is 0 Å². The second-order valence-electron chi connectivity index (χ2n) is 4.23. The van der Waals surface area contributed by atoms with Crippen LogP contribution < -0.4 is 5.73 Å². The Bertz CT molecular complexity index is 770. The molecule has 0 amide bonds. The summed E-state index contributed by atoms with van der Waals surface area (Å²) >= 11 is 3.45. The van der Waals surface area contributed by atoms with Crippen LogP contribution in [-0.4, -0.2) is 5.16 Å². The van der Waals surface area contributed by atoms with E-state index in [1.54, 1.807) is 18.2 Å². The van der Waals surface area contributed by atoms with E-state index in [-0.39, 0.29) is 11.7 Å². The van der Waals surface area contributed by atoms with Crippen LogP contribution in [0.1, 0.15) is 0 Å². The number of nitrogens with two attached hydrogens (primary N) is 1. The average Bonchev–Trinajstić information content (AvgIpc) is 2.82. The zero-order valence-electron chi connectivity index (χ0n) is 10.3. The van der Waals surface area contributed by atoms with Crippen LogP contribution in [0.4, 0.5) is 10.3 Å². The fourth-order valence-corrected chi connectivity index (χ4v) is 2.54. The molecule has 3 aromatic rings. The molecular formula is C15H10BrFN2O. The van der Waals surface area contributed by atoms with E-state index in [4.69, 9.17) is 10.3 Å². The minimum Gasteiger partial charge on any atom is -0.367 e. The van der Waals surface area contributed by atoms with Crippen LogP contribution in [0.3, 0.4) is 0 Å². The van der Waals surface area contributed by atoms with Gasteiger partial charge in [0, 0.05) is 15.6 Å². The molecule has 2 aromatic carbocycles. The molecule has 1 heterocycles. The maximum Gasteiger partial charge on any atom is 0.230 e. The summed E-state index contributed by atoms with van der Waals surface area (Å²) in [5, 5.41) is 3.97. The van der Waals surface area contributed by atoms with Gasteiger partial charge in [0.25, 0.3) is 0 Å². The molecule has 0 unspecified atom stereocenters. The molecule has 0 aliphatic heterocycles. The highest BCUT2D eigenvalue weighted by molar-refractivity contribution is 9.10. The number of rotatable bonds is 2. The van der Waals surface area contributed by atoms with Crippen LogP contribution in [-0.2, 0) is 0 Å². The third-order valence-corrected chi connectivity index (χ3v) is 3.68. The number of hydrogen-bond acceptors (Lipinski definition) is 3. The summed E-state index contributed by atoms with van der Waals surface area (Å²) in [5.41, 5.74) is 7.97. The first-order chi connectivity index (χ1) is 9.68. The van der Waals surface area contributed by atoms with Gasteiger partial charge >= 0.3 is 0 Å². The van der Waals surface area contributed by atoms with E-state index >= 15 is 0 Å². The van der Waals surface area contributed by atoms with E-state index in [0.717, 1.165) is 10.0 Å². The SMILES string of the molecule is Nc1onc(-c2ccccc2Br)c1-c1ccccc1F. The first kappa shape index (κ1) is 12.9. The molecule has 3 nitrogen and oxygen atoms in total. The van der Waals surface area contributed by atoms with Gasteiger partial charge in [0.15, 0.2) is 0 Å². The monoisotopic (exact) mass is 332 g/mol. The minimum absolute atomic E-state index is 0.0980. The van der Waals surface area contributed by atoms with Crippen LogP contribution in [0.25, 0.3) is 22.4 Å². The lowest BCUT2D eigenvalue weighted by Gasteiger charge is -2.05. The molecule has 100 valence electrons. The predicted octanol–water partition coefficient (Wildman–Crippen LogP) is 4.49. The van der Waals surface area contributed by atoms with Crippen molar-refractivity contribution in [2.24, 2.45) is 0 Å². The molecule has 1 aromatic heterocycles. The molecule has 0 radical (unpaired) electrons. The van der Waals surface area contributed by atoms with Crippen molar-refractivity contribution in [2.75, 3.05) is 5.73 Å². The summed E-state index contributed by atoms with van der Waals surface area (Å²) < 4.78 is 19.9.